The summed E-state index contributed by atoms with van der Waals surface area (Å²) in [4.78, 5) is 28.1. The number of nitrogens with zero attached hydrogens (tertiary/aromatic N) is 2. The van der Waals surface area contributed by atoms with Crippen LogP contribution in [-0.2, 0) is 14.3 Å². The van der Waals surface area contributed by atoms with Gasteiger partial charge in [0, 0.05) is 36.8 Å². The first kappa shape index (κ1) is 24.9. The Labute approximate surface area is 189 Å². The van der Waals surface area contributed by atoms with Gasteiger partial charge >= 0.3 is 12.1 Å². The number of fused-ring (bicyclic) bond motifs is 1. The van der Waals surface area contributed by atoms with E-state index in [0.29, 0.717) is 6.61 Å². The van der Waals surface area contributed by atoms with Crippen molar-refractivity contribution in [3.63, 3.8) is 0 Å². The third-order valence-corrected chi connectivity index (χ3v) is 6.00. The summed E-state index contributed by atoms with van der Waals surface area (Å²) in [6.45, 7) is 5.83. The fraction of sp³-hybridized carbons (Fsp3) is 0.522. The molecule has 0 bridgehead atoms. The van der Waals surface area contributed by atoms with Crippen molar-refractivity contribution in [3.05, 3.63) is 42.1 Å². The number of carbonyl (C=O) groups excluding carboxylic acids is 1. The van der Waals surface area contributed by atoms with Crippen LogP contribution in [0.2, 0.25) is 0 Å². The summed E-state index contributed by atoms with van der Waals surface area (Å²) >= 11 is 0. The Kier molecular flexibility index (Phi) is 7.91. The van der Waals surface area contributed by atoms with Crippen molar-refractivity contribution in [2.24, 2.45) is 5.41 Å². The number of aromatic nitrogens is 1. The number of likely N-dealkylation sites (tertiary alicyclic amines) is 1. The van der Waals surface area contributed by atoms with E-state index in [1.165, 1.54) is 0 Å². The number of hydrogen-bond donors (Lipinski definition) is 1. The molecule has 3 heterocycles. The van der Waals surface area contributed by atoms with Gasteiger partial charge in [0.25, 0.3) is 5.91 Å². The first-order chi connectivity index (χ1) is 15.6. The third-order valence-electron chi connectivity index (χ3n) is 6.00. The zero-order valence-corrected chi connectivity index (χ0v) is 18.3. The molecule has 2 aromatic rings. The molecule has 10 heteroatoms. The molecule has 180 valence electrons. The lowest BCUT2D eigenvalue weighted by molar-refractivity contribution is -0.192. The van der Waals surface area contributed by atoms with Crippen LogP contribution in [0.25, 0.3) is 10.9 Å². The number of hydrogen-bond acceptors (Lipinski definition) is 5. The quantitative estimate of drug-likeness (QED) is 0.732. The summed E-state index contributed by atoms with van der Waals surface area (Å²) in [5.41, 5.74) is 1.90. The molecule has 0 saturated carbocycles. The number of carboxylic acid groups (broad SMARTS) is 1. The van der Waals surface area contributed by atoms with E-state index in [0.717, 1.165) is 62.0 Å². The molecule has 7 nitrogen and oxygen atoms in total. The van der Waals surface area contributed by atoms with Crippen molar-refractivity contribution < 1.29 is 37.3 Å². The largest absolute Gasteiger partial charge is 0.490 e. The zero-order chi connectivity index (χ0) is 24.1. The first-order valence-electron chi connectivity index (χ1n) is 10.8. The van der Waals surface area contributed by atoms with E-state index < -0.39 is 12.1 Å². The predicted octanol–water partition coefficient (Wildman–Crippen LogP) is 3.92. The van der Waals surface area contributed by atoms with Gasteiger partial charge in [-0.2, -0.15) is 13.2 Å². The average Bonchev–Trinajstić information content (AvgIpc) is 3.19. The number of aliphatic carboxylic acids is 1. The summed E-state index contributed by atoms with van der Waals surface area (Å²) in [6, 6.07) is 9.67. The van der Waals surface area contributed by atoms with E-state index >= 15 is 0 Å². The number of amides is 1. The lowest BCUT2D eigenvalue weighted by Crippen LogP contribution is -2.43. The average molecular weight is 468 g/mol. The van der Waals surface area contributed by atoms with Gasteiger partial charge in [0.15, 0.2) is 0 Å². The molecule has 1 unspecified atom stereocenters. The minimum absolute atomic E-state index is 0.121. The van der Waals surface area contributed by atoms with Gasteiger partial charge in [-0.1, -0.05) is 6.07 Å². The van der Waals surface area contributed by atoms with Crippen molar-refractivity contribution in [3.8, 4) is 0 Å². The summed E-state index contributed by atoms with van der Waals surface area (Å²) in [7, 11) is 0. The van der Waals surface area contributed by atoms with Crippen LogP contribution < -0.4 is 0 Å². The summed E-state index contributed by atoms with van der Waals surface area (Å²) in [5, 5.41) is 8.13. The number of ether oxygens (including phenoxy) is 2. The number of carboxylic acids is 1. The number of carbonyl (C=O) groups is 2. The number of halogens is 3. The summed E-state index contributed by atoms with van der Waals surface area (Å²) in [6.07, 6.45) is -0.0229. The highest BCUT2D eigenvalue weighted by molar-refractivity contribution is 5.98. The van der Waals surface area contributed by atoms with Gasteiger partial charge in [-0.3, -0.25) is 9.78 Å². The third kappa shape index (κ3) is 6.42. The van der Waals surface area contributed by atoms with Crippen molar-refractivity contribution in [1.82, 2.24) is 9.88 Å². The monoisotopic (exact) mass is 468 g/mol. The molecule has 1 atom stereocenters. The second-order valence-corrected chi connectivity index (χ2v) is 8.30. The Hall–Kier alpha value is -2.72. The molecule has 33 heavy (non-hydrogen) atoms. The van der Waals surface area contributed by atoms with E-state index in [4.69, 9.17) is 19.4 Å². The maximum Gasteiger partial charge on any atom is 0.490 e. The molecule has 2 saturated heterocycles. The molecule has 2 fully saturated rings. The van der Waals surface area contributed by atoms with Crippen LogP contribution >= 0.6 is 0 Å². The van der Waals surface area contributed by atoms with Crippen LogP contribution in [-0.4, -0.2) is 72.1 Å². The van der Waals surface area contributed by atoms with E-state index in [9.17, 15) is 18.0 Å². The van der Waals surface area contributed by atoms with Crippen molar-refractivity contribution >= 4 is 22.8 Å². The summed E-state index contributed by atoms with van der Waals surface area (Å²) < 4.78 is 43.2. The molecule has 4 rings (SSSR count). The van der Waals surface area contributed by atoms with Crippen LogP contribution in [0, 0.1) is 5.41 Å². The second kappa shape index (κ2) is 10.5. The maximum absolute atomic E-state index is 12.9. The standard InChI is InChI=1S/C21H26N2O3.C2HF3O2/c1-2-25-14-18-13-21(15-26-18)7-10-23(11-8-21)20(24)17-5-6-19-16(12-17)4-3-9-22-19;3-2(4,5)1(6)7/h3-6,9,12,18H,2,7-8,10-11,13-15H2,1H3;(H,6,7). The summed E-state index contributed by atoms with van der Waals surface area (Å²) in [5.74, 6) is -2.64. The van der Waals surface area contributed by atoms with Crippen LogP contribution in [0.4, 0.5) is 13.2 Å². The molecule has 2 aliphatic heterocycles. The number of rotatable bonds is 4. The van der Waals surface area contributed by atoms with E-state index in [1.54, 1.807) is 6.20 Å². The number of piperidine rings is 1. The molecular weight excluding hydrogens is 441 g/mol. The predicted molar refractivity (Wildman–Crippen MR) is 114 cm³/mol. The molecule has 1 spiro atoms. The number of pyridine rings is 1. The normalized spacial score (nSPS) is 19.9. The van der Waals surface area contributed by atoms with Crippen LogP contribution in [0.1, 0.15) is 36.5 Å². The van der Waals surface area contributed by atoms with Crippen molar-refractivity contribution in [2.75, 3.05) is 32.9 Å². The van der Waals surface area contributed by atoms with E-state index in [-0.39, 0.29) is 17.4 Å². The molecule has 1 amide bonds. The Morgan fingerprint density at radius 1 is 1.27 bits per heavy atom. The topological polar surface area (TPSA) is 89.0 Å². The molecule has 1 aromatic carbocycles. The highest BCUT2D eigenvalue weighted by Crippen LogP contribution is 2.42. The van der Waals surface area contributed by atoms with Gasteiger partial charge < -0.3 is 19.5 Å². The smallest absolute Gasteiger partial charge is 0.475 e. The number of benzene rings is 1. The maximum atomic E-state index is 12.9. The SMILES string of the molecule is CCOCC1CC2(CCN(C(=O)c3ccc4ncccc4c3)CC2)CO1.O=C(O)C(F)(F)F. The van der Waals surface area contributed by atoms with Gasteiger partial charge in [0.1, 0.15) is 0 Å². The van der Waals surface area contributed by atoms with Crippen molar-refractivity contribution in [2.45, 2.75) is 38.5 Å². The Balaban J connectivity index is 0.000000383. The minimum Gasteiger partial charge on any atom is -0.475 e. The van der Waals surface area contributed by atoms with Crippen LogP contribution in [0.5, 0.6) is 0 Å². The second-order valence-electron chi connectivity index (χ2n) is 8.30. The zero-order valence-electron chi connectivity index (χ0n) is 18.3. The van der Waals surface area contributed by atoms with Gasteiger partial charge in [-0.05, 0) is 55.9 Å². The molecule has 0 radical (unpaired) electrons. The Morgan fingerprint density at radius 2 is 1.97 bits per heavy atom. The molecule has 1 N–H and O–H groups in total. The molecule has 1 aromatic heterocycles. The van der Waals surface area contributed by atoms with Crippen LogP contribution in [0.3, 0.4) is 0 Å². The first-order valence-corrected chi connectivity index (χ1v) is 10.8. The Morgan fingerprint density at radius 3 is 2.61 bits per heavy atom. The molecular formula is C23H27F3N2O5. The molecule has 2 aliphatic rings. The van der Waals surface area contributed by atoms with Crippen molar-refractivity contribution in [1.29, 1.82) is 0 Å². The van der Waals surface area contributed by atoms with Crippen LogP contribution in [0.15, 0.2) is 36.5 Å². The fourth-order valence-corrected chi connectivity index (χ4v) is 4.18. The lowest BCUT2D eigenvalue weighted by Gasteiger charge is -2.38. The van der Waals surface area contributed by atoms with Gasteiger partial charge in [0.2, 0.25) is 0 Å². The van der Waals surface area contributed by atoms with E-state index in [1.807, 2.05) is 42.2 Å². The highest BCUT2D eigenvalue weighted by atomic mass is 19.4. The fourth-order valence-electron chi connectivity index (χ4n) is 4.18. The number of alkyl halides is 3. The highest BCUT2D eigenvalue weighted by Gasteiger charge is 2.43. The minimum atomic E-state index is -5.08. The Bertz CT molecular complexity index is 974. The van der Waals surface area contributed by atoms with Gasteiger partial charge in [0.05, 0.1) is 24.8 Å². The molecule has 0 aliphatic carbocycles. The van der Waals surface area contributed by atoms with Gasteiger partial charge in [-0.15, -0.1) is 0 Å². The van der Waals surface area contributed by atoms with Gasteiger partial charge in [-0.25, -0.2) is 4.79 Å². The lowest BCUT2D eigenvalue weighted by atomic mass is 9.76. The van der Waals surface area contributed by atoms with E-state index in [2.05, 4.69) is 4.98 Å².